The van der Waals surface area contributed by atoms with Gasteiger partial charge in [0.05, 0.1) is 20.2 Å². The van der Waals surface area contributed by atoms with Crippen LogP contribution < -0.4 is 14.6 Å². The summed E-state index contributed by atoms with van der Waals surface area (Å²) in [6.45, 7) is 2.81. The molecule has 0 aliphatic carbocycles. The van der Waals surface area contributed by atoms with Crippen molar-refractivity contribution in [3.63, 3.8) is 0 Å². The molecule has 0 bridgehead atoms. The lowest BCUT2D eigenvalue weighted by molar-refractivity contribution is -0.255. The van der Waals surface area contributed by atoms with Gasteiger partial charge in [0.2, 0.25) is 0 Å². The summed E-state index contributed by atoms with van der Waals surface area (Å²) >= 11 is 1.57. The number of carboxylic acids is 1. The molecule has 0 saturated carbocycles. The Labute approximate surface area is 173 Å². The first-order valence-corrected chi connectivity index (χ1v) is 10.1. The number of nitrogens with zero attached hydrogens (tertiary/aromatic N) is 3. The van der Waals surface area contributed by atoms with E-state index in [2.05, 4.69) is 21.7 Å². The molecule has 152 valence electrons. The van der Waals surface area contributed by atoms with Crippen molar-refractivity contribution in [2.45, 2.75) is 30.8 Å². The number of aromatic carboxylic acids is 1. The molecule has 2 aromatic carbocycles. The molecule has 0 unspecified atom stereocenters. The summed E-state index contributed by atoms with van der Waals surface area (Å²) < 4.78 is 12.7. The minimum Gasteiger partial charge on any atom is -0.545 e. The summed E-state index contributed by atoms with van der Waals surface area (Å²) in [6.07, 6.45) is 0.627. The molecule has 1 aromatic heterocycles. The lowest BCUT2D eigenvalue weighted by Gasteiger charge is -2.10. The maximum Gasteiger partial charge on any atom is 0.191 e. The van der Waals surface area contributed by atoms with Crippen LogP contribution in [0, 0.1) is 0 Å². The number of hydrogen-bond acceptors (Lipinski definition) is 7. The normalized spacial score (nSPS) is 10.7. The van der Waals surface area contributed by atoms with E-state index >= 15 is 0 Å². The summed E-state index contributed by atoms with van der Waals surface area (Å²) in [5, 5.41) is 20.4. The van der Waals surface area contributed by atoms with Gasteiger partial charge in [-0.15, -0.1) is 10.2 Å². The molecule has 0 radical (unpaired) electrons. The SMILES string of the molecule is CCn1c(Cc2ccc(OC)c(OC)c2)nnc1SCc1ccc(C(=O)[O-])cc1. The monoisotopic (exact) mass is 412 g/mol. The largest absolute Gasteiger partial charge is 0.545 e. The Morgan fingerprint density at radius 3 is 2.34 bits per heavy atom. The van der Waals surface area contributed by atoms with Crippen LogP contribution in [0.15, 0.2) is 47.6 Å². The van der Waals surface area contributed by atoms with Crippen molar-refractivity contribution >= 4 is 17.7 Å². The van der Waals surface area contributed by atoms with E-state index in [1.807, 2.05) is 18.2 Å². The van der Waals surface area contributed by atoms with Gasteiger partial charge in [-0.05, 0) is 35.7 Å². The highest BCUT2D eigenvalue weighted by Crippen LogP contribution is 2.29. The number of thioether (sulfide) groups is 1. The van der Waals surface area contributed by atoms with Gasteiger partial charge < -0.3 is 23.9 Å². The number of aromatic nitrogens is 3. The van der Waals surface area contributed by atoms with Crippen LogP contribution >= 0.6 is 11.8 Å². The molecule has 3 aromatic rings. The minimum atomic E-state index is -1.17. The van der Waals surface area contributed by atoms with E-state index in [9.17, 15) is 9.90 Å². The van der Waals surface area contributed by atoms with Crippen molar-refractivity contribution in [3.8, 4) is 11.5 Å². The lowest BCUT2D eigenvalue weighted by atomic mass is 10.1. The highest BCUT2D eigenvalue weighted by molar-refractivity contribution is 7.98. The minimum absolute atomic E-state index is 0.174. The molecule has 0 amide bonds. The summed E-state index contributed by atoms with van der Waals surface area (Å²) in [6, 6.07) is 12.5. The first-order chi connectivity index (χ1) is 14.0. The van der Waals surface area contributed by atoms with Crippen molar-refractivity contribution in [3.05, 3.63) is 65.0 Å². The second-order valence-corrected chi connectivity index (χ2v) is 7.22. The first kappa shape index (κ1) is 20.7. The Kier molecular flexibility index (Phi) is 6.77. The van der Waals surface area contributed by atoms with Gasteiger partial charge in [-0.2, -0.15) is 0 Å². The van der Waals surface area contributed by atoms with Crippen molar-refractivity contribution in [2.75, 3.05) is 14.2 Å². The molecule has 1 heterocycles. The maximum atomic E-state index is 10.9. The van der Waals surface area contributed by atoms with Crippen molar-refractivity contribution in [1.29, 1.82) is 0 Å². The Bertz CT molecular complexity index is 986. The molecule has 0 aliphatic rings. The molecule has 0 N–H and O–H groups in total. The van der Waals surface area contributed by atoms with Gasteiger partial charge in [0.1, 0.15) is 5.82 Å². The smallest absolute Gasteiger partial charge is 0.191 e. The number of carboxylic acid groups (broad SMARTS) is 1. The van der Waals surface area contributed by atoms with E-state index in [1.54, 1.807) is 50.2 Å². The summed E-state index contributed by atoms with van der Waals surface area (Å²) in [7, 11) is 3.23. The van der Waals surface area contributed by atoms with Crippen LogP contribution in [0.25, 0.3) is 0 Å². The number of benzene rings is 2. The van der Waals surface area contributed by atoms with Crippen LogP contribution in [-0.4, -0.2) is 35.0 Å². The molecule has 7 nitrogen and oxygen atoms in total. The highest BCUT2D eigenvalue weighted by atomic mass is 32.2. The summed E-state index contributed by atoms with van der Waals surface area (Å²) in [5.74, 6) is 1.74. The fourth-order valence-electron chi connectivity index (χ4n) is 2.93. The molecule has 0 aliphatic heterocycles. The molecular formula is C21H22N3O4S-. The standard InChI is InChI=1S/C21H23N3O4S/c1-4-24-19(12-15-7-10-17(27-2)18(11-15)28-3)22-23-21(24)29-13-14-5-8-16(9-6-14)20(25)26/h5-11H,4,12-13H2,1-3H3,(H,25,26)/p-1. The molecule has 3 rings (SSSR count). The summed E-state index contributed by atoms with van der Waals surface area (Å²) in [5.41, 5.74) is 2.24. The summed E-state index contributed by atoms with van der Waals surface area (Å²) in [4.78, 5) is 10.9. The number of hydrogen-bond donors (Lipinski definition) is 0. The van der Waals surface area contributed by atoms with E-state index < -0.39 is 5.97 Å². The quantitative estimate of drug-likeness (QED) is 0.499. The van der Waals surface area contributed by atoms with Gasteiger partial charge in [-0.1, -0.05) is 42.1 Å². The van der Waals surface area contributed by atoms with Crippen molar-refractivity contribution in [2.24, 2.45) is 0 Å². The van der Waals surface area contributed by atoms with Crippen LogP contribution in [0.1, 0.15) is 34.2 Å². The molecule has 8 heteroatoms. The average molecular weight is 412 g/mol. The molecule has 0 spiro atoms. The number of rotatable bonds is 9. The van der Waals surface area contributed by atoms with Gasteiger partial charge >= 0.3 is 0 Å². The van der Waals surface area contributed by atoms with Gasteiger partial charge in [0.15, 0.2) is 16.7 Å². The topological polar surface area (TPSA) is 89.3 Å². The van der Waals surface area contributed by atoms with E-state index in [4.69, 9.17) is 9.47 Å². The third-order valence-electron chi connectivity index (χ3n) is 4.48. The zero-order valence-electron chi connectivity index (χ0n) is 16.5. The van der Waals surface area contributed by atoms with E-state index in [0.29, 0.717) is 23.7 Å². The van der Waals surface area contributed by atoms with Crippen LogP contribution in [0.2, 0.25) is 0 Å². The second-order valence-electron chi connectivity index (χ2n) is 6.28. The predicted octanol–water partition coefficient (Wildman–Crippen LogP) is 2.56. The molecular weight excluding hydrogens is 390 g/mol. The number of carbonyl (C=O) groups is 1. The van der Waals surface area contributed by atoms with Gasteiger partial charge in [-0.3, -0.25) is 0 Å². The Morgan fingerprint density at radius 1 is 1.03 bits per heavy atom. The Balaban J connectivity index is 1.72. The van der Waals surface area contributed by atoms with Crippen molar-refractivity contribution in [1.82, 2.24) is 14.8 Å². The number of methoxy groups -OCH3 is 2. The second kappa shape index (κ2) is 9.47. The number of carbonyl (C=O) groups excluding carboxylic acids is 1. The number of ether oxygens (including phenoxy) is 2. The van der Waals surface area contributed by atoms with E-state index in [-0.39, 0.29) is 5.56 Å². The van der Waals surface area contributed by atoms with E-state index in [0.717, 1.165) is 28.7 Å². The van der Waals surface area contributed by atoms with Crippen molar-refractivity contribution < 1.29 is 19.4 Å². The highest BCUT2D eigenvalue weighted by Gasteiger charge is 2.13. The third kappa shape index (κ3) is 4.89. The van der Waals surface area contributed by atoms with Gasteiger partial charge in [0.25, 0.3) is 0 Å². The molecule has 0 saturated heterocycles. The lowest BCUT2D eigenvalue weighted by Crippen LogP contribution is -2.21. The molecule has 0 atom stereocenters. The van der Waals surface area contributed by atoms with Gasteiger partial charge in [0, 0.05) is 18.7 Å². The Hall–Kier alpha value is -3.00. The van der Waals surface area contributed by atoms with Gasteiger partial charge in [-0.25, -0.2) is 0 Å². The molecule has 0 fully saturated rings. The van der Waals surface area contributed by atoms with E-state index in [1.165, 1.54) is 0 Å². The Morgan fingerprint density at radius 2 is 1.72 bits per heavy atom. The zero-order chi connectivity index (χ0) is 20.8. The fraction of sp³-hybridized carbons (Fsp3) is 0.286. The maximum absolute atomic E-state index is 10.9. The average Bonchev–Trinajstić information content (AvgIpc) is 3.13. The molecule has 29 heavy (non-hydrogen) atoms. The predicted molar refractivity (Wildman–Crippen MR) is 108 cm³/mol. The first-order valence-electron chi connectivity index (χ1n) is 9.11. The fourth-order valence-corrected chi connectivity index (χ4v) is 3.91. The third-order valence-corrected chi connectivity index (χ3v) is 5.52. The van der Waals surface area contributed by atoms with Crippen LogP contribution in [-0.2, 0) is 18.7 Å². The zero-order valence-corrected chi connectivity index (χ0v) is 17.4. The van der Waals surface area contributed by atoms with Crippen LogP contribution in [0.3, 0.4) is 0 Å². The van der Waals surface area contributed by atoms with Crippen LogP contribution in [0.5, 0.6) is 11.5 Å². The van der Waals surface area contributed by atoms with Crippen LogP contribution in [0.4, 0.5) is 0 Å².